The van der Waals surface area contributed by atoms with Crippen LogP contribution in [0.15, 0.2) is 0 Å². The highest BCUT2D eigenvalue weighted by Crippen LogP contribution is 2.20. The molecule has 3 N–H and O–H groups in total. The van der Waals surface area contributed by atoms with E-state index in [1.165, 1.54) is 0 Å². The Morgan fingerprint density at radius 1 is 1.45 bits per heavy atom. The zero-order chi connectivity index (χ0) is 8.91. The molecule has 0 amide bonds. The summed E-state index contributed by atoms with van der Waals surface area (Å²) in [6.45, 7) is 6.58. The van der Waals surface area contributed by atoms with Crippen molar-refractivity contribution >= 4 is 0 Å². The summed E-state index contributed by atoms with van der Waals surface area (Å²) in [6.07, 6.45) is 3.00. The molecule has 0 aliphatic carbocycles. The lowest BCUT2D eigenvalue weighted by Crippen LogP contribution is -2.24. The van der Waals surface area contributed by atoms with Crippen molar-refractivity contribution in [3.8, 4) is 0 Å². The standard InChI is InChI=1S/C9H21NO/c1-4-8(5-6-10)7-9(2,3)11/h8,11H,4-7,10H2,1-3H3. The Bertz CT molecular complexity index is 96.2. The third kappa shape index (κ3) is 6.32. The molecule has 0 saturated carbocycles. The molecule has 0 fully saturated rings. The van der Waals surface area contributed by atoms with Gasteiger partial charge in [0.1, 0.15) is 0 Å². The maximum Gasteiger partial charge on any atom is 0.0594 e. The van der Waals surface area contributed by atoms with Crippen molar-refractivity contribution in [2.45, 2.75) is 45.6 Å². The molecule has 11 heavy (non-hydrogen) atoms. The van der Waals surface area contributed by atoms with Crippen LogP contribution in [0.5, 0.6) is 0 Å². The summed E-state index contributed by atoms with van der Waals surface area (Å²) in [5.41, 5.74) is 4.91. The predicted octanol–water partition coefficient (Wildman–Crippen LogP) is 1.52. The van der Waals surface area contributed by atoms with Crippen molar-refractivity contribution in [1.29, 1.82) is 0 Å². The summed E-state index contributed by atoms with van der Waals surface area (Å²) < 4.78 is 0. The SMILES string of the molecule is CCC(CCN)CC(C)(C)O. The number of rotatable bonds is 5. The fourth-order valence-electron chi connectivity index (χ4n) is 1.39. The van der Waals surface area contributed by atoms with Gasteiger partial charge in [0.2, 0.25) is 0 Å². The van der Waals surface area contributed by atoms with Gasteiger partial charge in [0.15, 0.2) is 0 Å². The third-order valence-corrected chi connectivity index (χ3v) is 1.94. The van der Waals surface area contributed by atoms with E-state index in [2.05, 4.69) is 6.92 Å². The molecule has 1 unspecified atom stereocenters. The maximum atomic E-state index is 9.50. The van der Waals surface area contributed by atoms with Crippen LogP contribution in [0.4, 0.5) is 0 Å². The summed E-state index contributed by atoms with van der Waals surface area (Å²) in [6, 6.07) is 0. The van der Waals surface area contributed by atoms with Gasteiger partial charge >= 0.3 is 0 Å². The summed E-state index contributed by atoms with van der Waals surface area (Å²) in [7, 11) is 0. The predicted molar refractivity (Wildman–Crippen MR) is 48.4 cm³/mol. The summed E-state index contributed by atoms with van der Waals surface area (Å²) in [5.74, 6) is 0.583. The lowest BCUT2D eigenvalue weighted by molar-refractivity contribution is 0.0507. The minimum atomic E-state index is -0.532. The van der Waals surface area contributed by atoms with Crippen molar-refractivity contribution in [2.75, 3.05) is 6.54 Å². The molecule has 0 spiro atoms. The second kappa shape index (κ2) is 4.73. The van der Waals surface area contributed by atoms with Gasteiger partial charge in [-0.15, -0.1) is 0 Å². The smallest absolute Gasteiger partial charge is 0.0594 e. The van der Waals surface area contributed by atoms with E-state index in [0.29, 0.717) is 5.92 Å². The highest BCUT2D eigenvalue weighted by Gasteiger charge is 2.18. The van der Waals surface area contributed by atoms with Crippen molar-refractivity contribution in [2.24, 2.45) is 11.7 Å². The molecular weight excluding hydrogens is 138 g/mol. The van der Waals surface area contributed by atoms with Crippen LogP contribution >= 0.6 is 0 Å². The van der Waals surface area contributed by atoms with Gasteiger partial charge in [0, 0.05) is 0 Å². The molecule has 68 valence electrons. The van der Waals surface area contributed by atoms with Crippen LogP contribution in [0.2, 0.25) is 0 Å². The summed E-state index contributed by atoms with van der Waals surface area (Å²) >= 11 is 0. The van der Waals surface area contributed by atoms with Crippen LogP contribution in [0, 0.1) is 5.92 Å². The quantitative estimate of drug-likeness (QED) is 0.639. The van der Waals surface area contributed by atoms with Crippen LogP contribution in [0.3, 0.4) is 0 Å². The number of hydrogen-bond donors (Lipinski definition) is 2. The Morgan fingerprint density at radius 2 is 2.00 bits per heavy atom. The average molecular weight is 159 g/mol. The molecule has 0 aliphatic heterocycles. The van der Waals surface area contributed by atoms with Gasteiger partial charge in [-0.05, 0) is 39.2 Å². The van der Waals surface area contributed by atoms with Crippen molar-refractivity contribution in [3.05, 3.63) is 0 Å². The number of aliphatic hydroxyl groups is 1. The van der Waals surface area contributed by atoms with E-state index >= 15 is 0 Å². The van der Waals surface area contributed by atoms with Crippen LogP contribution in [-0.4, -0.2) is 17.3 Å². The highest BCUT2D eigenvalue weighted by molar-refractivity contribution is 4.71. The zero-order valence-corrected chi connectivity index (χ0v) is 7.93. The normalized spacial score (nSPS) is 15.0. The molecular formula is C9H21NO. The summed E-state index contributed by atoms with van der Waals surface area (Å²) in [5, 5.41) is 9.50. The molecule has 0 rings (SSSR count). The Hall–Kier alpha value is -0.0800. The third-order valence-electron chi connectivity index (χ3n) is 1.94. The van der Waals surface area contributed by atoms with Gasteiger partial charge in [-0.2, -0.15) is 0 Å². The largest absolute Gasteiger partial charge is 0.390 e. The Labute approximate surface area is 69.8 Å². The van der Waals surface area contributed by atoms with Crippen LogP contribution in [-0.2, 0) is 0 Å². The van der Waals surface area contributed by atoms with Crippen molar-refractivity contribution in [1.82, 2.24) is 0 Å². The first-order chi connectivity index (χ1) is 4.99. The van der Waals surface area contributed by atoms with Crippen LogP contribution in [0.1, 0.15) is 40.0 Å². The average Bonchev–Trinajstić information content (AvgIpc) is 1.84. The first-order valence-corrected chi connectivity index (χ1v) is 4.42. The monoisotopic (exact) mass is 159 g/mol. The van der Waals surface area contributed by atoms with Crippen LogP contribution in [0.25, 0.3) is 0 Å². The van der Waals surface area contributed by atoms with E-state index in [1.54, 1.807) is 0 Å². The topological polar surface area (TPSA) is 46.2 Å². The highest BCUT2D eigenvalue weighted by atomic mass is 16.3. The van der Waals surface area contributed by atoms with Gasteiger partial charge in [0.25, 0.3) is 0 Å². The molecule has 2 heteroatoms. The van der Waals surface area contributed by atoms with Gasteiger partial charge in [-0.3, -0.25) is 0 Å². The van der Waals surface area contributed by atoms with Gasteiger partial charge in [0.05, 0.1) is 5.60 Å². The van der Waals surface area contributed by atoms with Crippen molar-refractivity contribution < 1.29 is 5.11 Å². The molecule has 2 nitrogen and oxygen atoms in total. The fourth-order valence-corrected chi connectivity index (χ4v) is 1.39. The van der Waals surface area contributed by atoms with Crippen molar-refractivity contribution in [3.63, 3.8) is 0 Å². The molecule has 0 heterocycles. The van der Waals surface area contributed by atoms with E-state index < -0.39 is 5.60 Å². The zero-order valence-electron chi connectivity index (χ0n) is 7.93. The first-order valence-electron chi connectivity index (χ1n) is 4.42. The van der Waals surface area contributed by atoms with Crippen LogP contribution < -0.4 is 5.73 Å². The van der Waals surface area contributed by atoms with E-state index in [0.717, 1.165) is 25.8 Å². The van der Waals surface area contributed by atoms with E-state index in [-0.39, 0.29) is 0 Å². The summed E-state index contributed by atoms with van der Waals surface area (Å²) in [4.78, 5) is 0. The molecule has 0 aromatic heterocycles. The number of nitrogens with two attached hydrogens (primary N) is 1. The molecule has 0 aromatic rings. The molecule has 0 aliphatic rings. The molecule has 0 bridgehead atoms. The molecule has 0 radical (unpaired) electrons. The van der Waals surface area contributed by atoms with Gasteiger partial charge in [-0.1, -0.05) is 13.3 Å². The second-order valence-corrected chi connectivity index (χ2v) is 3.87. The van der Waals surface area contributed by atoms with E-state index in [1.807, 2.05) is 13.8 Å². The number of hydrogen-bond acceptors (Lipinski definition) is 2. The van der Waals surface area contributed by atoms with Gasteiger partial charge < -0.3 is 10.8 Å². The van der Waals surface area contributed by atoms with E-state index in [4.69, 9.17) is 5.73 Å². The van der Waals surface area contributed by atoms with E-state index in [9.17, 15) is 5.11 Å². The minimum Gasteiger partial charge on any atom is -0.390 e. The lowest BCUT2D eigenvalue weighted by atomic mass is 9.89. The van der Waals surface area contributed by atoms with Gasteiger partial charge in [-0.25, -0.2) is 0 Å². The molecule has 0 saturated heterocycles. The molecule has 1 atom stereocenters. The minimum absolute atomic E-state index is 0.532. The second-order valence-electron chi connectivity index (χ2n) is 3.87. The Balaban J connectivity index is 3.68. The first kappa shape index (κ1) is 10.9. The fraction of sp³-hybridized carbons (Fsp3) is 1.00. The maximum absolute atomic E-state index is 9.50. The Kier molecular flexibility index (Phi) is 4.69. The molecule has 0 aromatic carbocycles. The lowest BCUT2D eigenvalue weighted by Gasteiger charge is -2.23. The Morgan fingerprint density at radius 3 is 2.27 bits per heavy atom.